The van der Waals surface area contributed by atoms with Gasteiger partial charge in [0.15, 0.2) is 0 Å². The number of nitrogens with two attached hydrogens (primary N) is 1. The molecule has 5 nitrogen and oxygen atoms in total. The standard InChI is InChI=1S/C6H6ClNO4S.Na/c7-6-4(8)1-3(9)2-5(6)13(10,11)12;/h1-2,9H,8H2,(H,10,11,12);/q;+1/p-1. The Morgan fingerprint density at radius 2 is 1.93 bits per heavy atom. The summed E-state index contributed by atoms with van der Waals surface area (Å²) in [6.07, 6.45) is 0. The maximum Gasteiger partial charge on any atom is 1.00 e. The van der Waals surface area contributed by atoms with E-state index in [1.54, 1.807) is 0 Å². The first-order chi connectivity index (χ1) is 5.82. The molecule has 14 heavy (non-hydrogen) atoms. The van der Waals surface area contributed by atoms with E-state index in [-0.39, 0.29) is 40.3 Å². The predicted molar refractivity (Wildman–Crippen MR) is 45.1 cm³/mol. The molecule has 0 aliphatic rings. The first-order valence-corrected chi connectivity index (χ1v) is 4.87. The van der Waals surface area contributed by atoms with Gasteiger partial charge >= 0.3 is 29.6 Å². The van der Waals surface area contributed by atoms with Crippen molar-refractivity contribution in [1.29, 1.82) is 0 Å². The third-order valence-corrected chi connectivity index (χ3v) is 2.73. The Hall–Kier alpha value is 0.0200. The fraction of sp³-hybridized carbons (Fsp3) is 0. The van der Waals surface area contributed by atoms with E-state index in [0.717, 1.165) is 6.07 Å². The second kappa shape index (κ2) is 4.69. The topological polar surface area (TPSA) is 103 Å². The maximum absolute atomic E-state index is 10.8. The number of anilines is 1. The summed E-state index contributed by atoms with van der Waals surface area (Å²) in [6, 6.07) is 1.67. The molecular weight excluding hydrogens is 241 g/mol. The van der Waals surface area contributed by atoms with Gasteiger partial charge in [0.05, 0.1) is 10.7 Å². The average Bonchev–Trinajstić information content (AvgIpc) is 1.94. The molecular formula is C6H5ClNNaO4S. The predicted octanol–water partition coefficient (Wildman–Crippen LogP) is -2.75. The minimum absolute atomic E-state index is 0. The van der Waals surface area contributed by atoms with E-state index >= 15 is 0 Å². The van der Waals surface area contributed by atoms with Crippen LogP contribution in [-0.2, 0) is 10.1 Å². The normalized spacial score (nSPS) is 10.7. The second-order valence-electron chi connectivity index (χ2n) is 2.30. The molecule has 0 aliphatic heterocycles. The van der Waals surface area contributed by atoms with Crippen molar-refractivity contribution in [1.82, 2.24) is 0 Å². The summed E-state index contributed by atoms with van der Waals surface area (Å²) in [4.78, 5) is -0.667. The van der Waals surface area contributed by atoms with Crippen LogP contribution in [0.2, 0.25) is 5.02 Å². The summed E-state index contributed by atoms with van der Waals surface area (Å²) in [6.45, 7) is 0. The van der Waals surface area contributed by atoms with Crippen molar-refractivity contribution in [3.63, 3.8) is 0 Å². The number of hydrogen-bond donors (Lipinski definition) is 2. The van der Waals surface area contributed by atoms with Crippen molar-refractivity contribution >= 4 is 27.4 Å². The van der Waals surface area contributed by atoms with Gasteiger partial charge in [-0.25, -0.2) is 0 Å². The average molecular weight is 246 g/mol. The zero-order chi connectivity index (χ0) is 10.2. The summed E-state index contributed by atoms with van der Waals surface area (Å²) in [7, 11) is -4.49. The van der Waals surface area contributed by atoms with Crippen LogP contribution in [0.5, 0.6) is 5.75 Å². The molecule has 0 aliphatic carbocycles. The van der Waals surface area contributed by atoms with Crippen molar-refractivity contribution in [2.45, 2.75) is 4.90 Å². The molecule has 8 heteroatoms. The van der Waals surface area contributed by atoms with Gasteiger partial charge in [0.25, 0.3) is 10.1 Å². The van der Waals surface area contributed by atoms with Crippen LogP contribution in [0.25, 0.3) is 0 Å². The summed E-state index contributed by atoms with van der Waals surface area (Å²) < 4.78 is 29.9. The van der Waals surface area contributed by atoms with Crippen molar-refractivity contribution in [3.8, 4) is 5.75 Å². The summed E-state index contributed by atoms with van der Waals surface area (Å²) in [5, 5.41) is 10.5. The molecule has 0 heterocycles. The number of halogens is 1. The van der Waals surface area contributed by atoms with E-state index in [4.69, 9.17) is 21.9 Å². The van der Waals surface area contributed by atoms with Gasteiger partial charge in [0.2, 0.25) is 0 Å². The molecule has 0 saturated heterocycles. The smallest absolute Gasteiger partial charge is 0.872 e. The SMILES string of the molecule is Nc1cc([O-])cc(S(=O)(=O)O)c1Cl.[Na+]. The van der Waals surface area contributed by atoms with Gasteiger partial charge < -0.3 is 10.8 Å². The van der Waals surface area contributed by atoms with E-state index in [0.29, 0.717) is 6.07 Å². The Balaban J connectivity index is 0.00000169. The number of nitrogen functional groups attached to an aromatic ring is 1. The molecule has 0 aromatic heterocycles. The quantitative estimate of drug-likeness (QED) is 0.317. The van der Waals surface area contributed by atoms with Crippen molar-refractivity contribution in [2.24, 2.45) is 0 Å². The summed E-state index contributed by atoms with van der Waals surface area (Å²) in [5.41, 5.74) is 5.03. The summed E-state index contributed by atoms with van der Waals surface area (Å²) in [5.74, 6) is -0.630. The van der Waals surface area contributed by atoms with Crippen LogP contribution < -0.4 is 40.4 Å². The fourth-order valence-electron chi connectivity index (χ4n) is 0.781. The zero-order valence-corrected chi connectivity index (χ0v) is 10.8. The largest absolute Gasteiger partial charge is 1.00 e. The Morgan fingerprint density at radius 1 is 1.43 bits per heavy atom. The Bertz CT molecular complexity index is 447. The van der Waals surface area contributed by atoms with Crippen LogP contribution in [0.1, 0.15) is 0 Å². The van der Waals surface area contributed by atoms with Crippen LogP contribution in [0, 0.1) is 0 Å². The van der Waals surface area contributed by atoms with E-state index in [1.165, 1.54) is 0 Å². The third kappa shape index (κ3) is 3.01. The molecule has 1 aromatic carbocycles. The van der Waals surface area contributed by atoms with Gasteiger partial charge in [0, 0.05) is 0 Å². The third-order valence-electron chi connectivity index (χ3n) is 1.32. The van der Waals surface area contributed by atoms with Gasteiger partial charge in [0.1, 0.15) is 4.90 Å². The molecule has 72 valence electrons. The molecule has 0 saturated carbocycles. The van der Waals surface area contributed by atoms with Gasteiger partial charge in [-0.15, -0.1) is 5.75 Å². The van der Waals surface area contributed by atoms with Gasteiger partial charge in [-0.2, -0.15) is 8.42 Å². The molecule has 0 amide bonds. The number of rotatable bonds is 1. The van der Waals surface area contributed by atoms with Crippen LogP contribution >= 0.6 is 11.6 Å². The first kappa shape index (κ1) is 14.0. The van der Waals surface area contributed by atoms with Gasteiger partial charge in [-0.3, -0.25) is 4.55 Å². The summed E-state index contributed by atoms with van der Waals surface area (Å²) >= 11 is 5.45. The molecule has 0 bridgehead atoms. The van der Waals surface area contributed by atoms with E-state index in [1.807, 2.05) is 0 Å². The molecule has 3 N–H and O–H groups in total. The van der Waals surface area contributed by atoms with Crippen LogP contribution in [-0.4, -0.2) is 13.0 Å². The molecule has 0 unspecified atom stereocenters. The van der Waals surface area contributed by atoms with Gasteiger partial charge in [-0.05, 0) is 12.1 Å². The monoisotopic (exact) mass is 245 g/mol. The Labute approximate surface area is 108 Å². The molecule has 0 spiro atoms. The molecule has 1 aromatic rings. The van der Waals surface area contributed by atoms with Crippen LogP contribution in [0.15, 0.2) is 17.0 Å². The molecule has 1 rings (SSSR count). The van der Waals surface area contributed by atoms with Crippen molar-refractivity contribution < 1.29 is 47.6 Å². The minimum Gasteiger partial charge on any atom is -0.872 e. The van der Waals surface area contributed by atoms with Gasteiger partial charge in [-0.1, -0.05) is 11.6 Å². The van der Waals surface area contributed by atoms with Crippen molar-refractivity contribution in [2.75, 3.05) is 5.73 Å². The van der Waals surface area contributed by atoms with E-state index < -0.39 is 20.8 Å². The zero-order valence-electron chi connectivity index (χ0n) is 7.19. The maximum atomic E-state index is 10.8. The number of hydrogen-bond acceptors (Lipinski definition) is 4. The van der Waals surface area contributed by atoms with Crippen LogP contribution in [0.4, 0.5) is 5.69 Å². The number of benzene rings is 1. The van der Waals surface area contributed by atoms with E-state index in [2.05, 4.69) is 0 Å². The Kier molecular flexibility index (Phi) is 4.70. The van der Waals surface area contributed by atoms with Crippen molar-refractivity contribution in [3.05, 3.63) is 17.2 Å². The first-order valence-electron chi connectivity index (χ1n) is 3.06. The second-order valence-corrected chi connectivity index (χ2v) is 4.07. The Morgan fingerprint density at radius 3 is 2.36 bits per heavy atom. The molecule has 0 radical (unpaired) electrons. The van der Waals surface area contributed by atoms with E-state index in [9.17, 15) is 13.5 Å². The molecule has 0 fully saturated rings. The minimum atomic E-state index is -4.49. The van der Waals surface area contributed by atoms with Crippen LogP contribution in [0.3, 0.4) is 0 Å². The fourth-order valence-corrected chi connectivity index (χ4v) is 1.79. The molecule has 0 atom stereocenters.